The number of hydrogen-bond acceptors (Lipinski definition) is 6. The van der Waals surface area contributed by atoms with E-state index in [2.05, 4.69) is 54.8 Å². The zero-order valence-corrected chi connectivity index (χ0v) is 12.7. The summed E-state index contributed by atoms with van der Waals surface area (Å²) in [7, 11) is 0. The van der Waals surface area contributed by atoms with Crippen molar-refractivity contribution in [3.63, 3.8) is 0 Å². The lowest BCUT2D eigenvalue weighted by Crippen LogP contribution is -2.07. The molecule has 1 aromatic carbocycles. The van der Waals surface area contributed by atoms with Crippen molar-refractivity contribution in [1.29, 1.82) is 0 Å². The molecule has 0 bridgehead atoms. The highest BCUT2D eigenvalue weighted by molar-refractivity contribution is 5.51. The third-order valence-corrected chi connectivity index (χ3v) is 3.26. The van der Waals surface area contributed by atoms with Crippen molar-refractivity contribution in [2.24, 2.45) is 0 Å². The minimum absolute atomic E-state index is 0.608. The summed E-state index contributed by atoms with van der Waals surface area (Å²) in [5, 5.41) is 6.36. The highest BCUT2D eigenvalue weighted by Crippen LogP contribution is 2.11. The van der Waals surface area contributed by atoms with E-state index in [4.69, 9.17) is 0 Å². The predicted octanol–water partition coefficient (Wildman–Crippen LogP) is 3.05. The van der Waals surface area contributed by atoms with Gasteiger partial charge in [0.2, 0.25) is 5.95 Å². The van der Waals surface area contributed by atoms with Crippen molar-refractivity contribution >= 4 is 17.6 Å². The second-order valence-electron chi connectivity index (χ2n) is 5.00. The molecule has 116 valence electrons. The maximum Gasteiger partial charge on any atom is 0.224 e. The molecule has 6 nitrogen and oxygen atoms in total. The molecule has 0 unspecified atom stereocenters. The van der Waals surface area contributed by atoms with Gasteiger partial charge in [0.25, 0.3) is 0 Å². The van der Waals surface area contributed by atoms with Crippen molar-refractivity contribution in [2.45, 2.75) is 12.8 Å². The van der Waals surface area contributed by atoms with Gasteiger partial charge in [0.15, 0.2) is 0 Å². The molecule has 23 heavy (non-hydrogen) atoms. The van der Waals surface area contributed by atoms with Gasteiger partial charge in [-0.2, -0.15) is 4.98 Å². The lowest BCUT2D eigenvalue weighted by Gasteiger charge is -2.07. The van der Waals surface area contributed by atoms with E-state index in [9.17, 15) is 0 Å². The highest BCUT2D eigenvalue weighted by Gasteiger charge is 2.00. The Bertz CT molecular complexity index is 717. The molecule has 0 saturated heterocycles. The largest absolute Gasteiger partial charge is 0.354 e. The van der Waals surface area contributed by atoms with E-state index in [-0.39, 0.29) is 0 Å². The van der Waals surface area contributed by atoms with E-state index < -0.39 is 0 Å². The normalized spacial score (nSPS) is 10.3. The van der Waals surface area contributed by atoms with E-state index in [0.29, 0.717) is 17.6 Å². The Hall–Kier alpha value is -3.02. The molecular formula is C17H18N6. The fraction of sp³-hybridized carbons (Fsp3) is 0.176. The van der Waals surface area contributed by atoms with Gasteiger partial charge in [0, 0.05) is 18.9 Å². The monoisotopic (exact) mass is 306 g/mol. The molecule has 2 aromatic heterocycles. The molecule has 3 aromatic rings. The second kappa shape index (κ2) is 7.84. The van der Waals surface area contributed by atoms with Crippen LogP contribution in [0.3, 0.4) is 0 Å². The summed E-state index contributed by atoms with van der Waals surface area (Å²) in [5.41, 5.74) is 1.34. The van der Waals surface area contributed by atoms with Crippen molar-refractivity contribution in [3.8, 4) is 0 Å². The van der Waals surface area contributed by atoms with Gasteiger partial charge in [0.05, 0.1) is 0 Å². The Kier molecular flexibility index (Phi) is 5.08. The highest BCUT2D eigenvalue weighted by atomic mass is 15.2. The SMILES string of the molecule is c1ccc(CCCNc2nccc(Nc3ccncn3)n2)cc1. The molecule has 0 aliphatic carbocycles. The molecular weight excluding hydrogens is 288 g/mol. The van der Waals surface area contributed by atoms with Gasteiger partial charge in [-0.1, -0.05) is 30.3 Å². The zero-order chi connectivity index (χ0) is 15.7. The maximum absolute atomic E-state index is 4.42. The quantitative estimate of drug-likeness (QED) is 0.653. The number of nitrogens with zero attached hydrogens (tertiary/aromatic N) is 4. The van der Waals surface area contributed by atoms with E-state index in [1.165, 1.54) is 11.9 Å². The van der Waals surface area contributed by atoms with Crippen LogP contribution in [0.5, 0.6) is 0 Å². The average molecular weight is 306 g/mol. The molecule has 0 radical (unpaired) electrons. The number of aromatic nitrogens is 4. The van der Waals surface area contributed by atoms with Crippen molar-refractivity contribution in [3.05, 3.63) is 66.7 Å². The summed E-state index contributed by atoms with van der Waals surface area (Å²) in [6.45, 7) is 0.825. The van der Waals surface area contributed by atoms with Gasteiger partial charge in [0.1, 0.15) is 18.0 Å². The molecule has 0 fully saturated rings. The topological polar surface area (TPSA) is 75.6 Å². The van der Waals surface area contributed by atoms with Crippen LogP contribution in [-0.4, -0.2) is 26.5 Å². The van der Waals surface area contributed by atoms with Gasteiger partial charge in [-0.15, -0.1) is 0 Å². The Labute approximate surface area is 135 Å². The van der Waals surface area contributed by atoms with Crippen LogP contribution >= 0.6 is 0 Å². The van der Waals surface area contributed by atoms with Crippen molar-refractivity contribution in [1.82, 2.24) is 19.9 Å². The lowest BCUT2D eigenvalue weighted by atomic mass is 10.1. The van der Waals surface area contributed by atoms with Crippen LogP contribution in [0, 0.1) is 0 Å². The predicted molar refractivity (Wildman–Crippen MR) is 90.6 cm³/mol. The van der Waals surface area contributed by atoms with Crippen LogP contribution in [0.1, 0.15) is 12.0 Å². The lowest BCUT2D eigenvalue weighted by molar-refractivity contribution is 0.853. The van der Waals surface area contributed by atoms with Gasteiger partial charge in [-0.3, -0.25) is 0 Å². The first-order chi connectivity index (χ1) is 11.4. The fourth-order valence-electron chi connectivity index (χ4n) is 2.15. The van der Waals surface area contributed by atoms with Crippen LogP contribution in [0.25, 0.3) is 0 Å². The summed E-state index contributed by atoms with van der Waals surface area (Å²) >= 11 is 0. The second-order valence-corrected chi connectivity index (χ2v) is 5.00. The van der Waals surface area contributed by atoms with Crippen molar-refractivity contribution in [2.75, 3.05) is 17.2 Å². The number of nitrogens with one attached hydrogen (secondary N) is 2. The summed E-state index contributed by atoms with van der Waals surface area (Å²) in [5.74, 6) is 2.01. The van der Waals surface area contributed by atoms with Gasteiger partial charge in [-0.05, 0) is 30.5 Å². The molecule has 0 saturated carbocycles. The number of anilines is 3. The first-order valence-corrected chi connectivity index (χ1v) is 7.54. The number of hydrogen-bond donors (Lipinski definition) is 2. The summed E-state index contributed by atoms with van der Waals surface area (Å²) in [4.78, 5) is 16.6. The van der Waals surface area contributed by atoms with Crippen LogP contribution < -0.4 is 10.6 Å². The first kappa shape index (κ1) is 14.9. The summed E-state index contributed by atoms with van der Waals surface area (Å²) in [6.07, 6.45) is 6.95. The molecule has 3 rings (SSSR count). The standard InChI is InChI=1S/C17H18N6/c1-2-5-14(6-3-1)7-4-10-19-17-20-12-9-16(23-17)22-15-8-11-18-13-21-15/h1-3,5-6,8-9,11-13H,4,7,10H2,(H2,18,19,20,21,22,23). The van der Waals surface area contributed by atoms with E-state index in [1.54, 1.807) is 24.5 Å². The molecule has 6 heteroatoms. The Morgan fingerprint density at radius 1 is 0.870 bits per heavy atom. The van der Waals surface area contributed by atoms with E-state index in [1.807, 2.05) is 6.07 Å². The minimum Gasteiger partial charge on any atom is -0.354 e. The number of rotatable bonds is 7. The molecule has 2 N–H and O–H groups in total. The third-order valence-electron chi connectivity index (χ3n) is 3.26. The summed E-state index contributed by atoms with van der Waals surface area (Å²) < 4.78 is 0. The number of aryl methyl sites for hydroxylation is 1. The average Bonchev–Trinajstić information content (AvgIpc) is 2.61. The van der Waals surface area contributed by atoms with E-state index >= 15 is 0 Å². The van der Waals surface area contributed by atoms with Gasteiger partial charge < -0.3 is 10.6 Å². The molecule has 0 aliphatic rings. The molecule has 0 spiro atoms. The molecule has 0 aliphatic heterocycles. The minimum atomic E-state index is 0.608. The van der Waals surface area contributed by atoms with E-state index in [0.717, 1.165) is 19.4 Å². The molecule has 2 heterocycles. The Balaban J connectivity index is 1.49. The number of benzene rings is 1. The molecule has 0 atom stereocenters. The third kappa shape index (κ3) is 4.74. The van der Waals surface area contributed by atoms with Crippen LogP contribution in [0.15, 0.2) is 61.2 Å². The molecule has 0 amide bonds. The van der Waals surface area contributed by atoms with Gasteiger partial charge in [-0.25, -0.2) is 15.0 Å². The van der Waals surface area contributed by atoms with Gasteiger partial charge >= 0.3 is 0 Å². The van der Waals surface area contributed by atoms with Crippen LogP contribution in [0.2, 0.25) is 0 Å². The maximum atomic E-state index is 4.42. The smallest absolute Gasteiger partial charge is 0.224 e. The van der Waals surface area contributed by atoms with Crippen molar-refractivity contribution < 1.29 is 0 Å². The fourth-order valence-corrected chi connectivity index (χ4v) is 2.15. The Morgan fingerprint density at radius 2 is 1.74 bits per heavy atom. The van der Waals surface area contributed by atoms with Crippen LogP contribution in [-0.2, 0) is 6.42 Å². The van der Waals surface area contributed by atoms with Crippen LogP contribution in [0.4, 0.5) is 17.6 Å². The zero-order valence-electron chi connectivity index (χ0n) is 12.7. The Morgan fingerprint density at radius 3 is 2.57 bits per heavy atom. The summed E-state index contributed by atoms with van der Waals surface area (Å²) in [6, 6.07) is 14.0. The first-order valence-electron chi connectivity index (χ1n) is 7.54.